The van der Waals surface area contributed by atoms with Crippen LogP contribution >= 0.6 is 23.2 Å². The van der Waals surface area contributed by atoms with Gasteiger partial charge in [0.05, 0.1) is 29.9 Å². The second-order valence-corrected chi connectivity index (χ2v) is 33.1. The molecule has 1 unspecified atom stereocenters. The molecule has 0 aliphatic carbocycles. The SMILES string of the molecule is CCCCCCCCCC(O)=N[C@H]1[C@H](Oc2c3cc4cc2Oc2ccc(cc2Cl)[C@@H](O[C@@H]2O[C@H](CO)[C@@H](O)[C@H](O)[C@H]2N=C(C)O)[C@@H]2N=C(O)[C@H](N=C(O)[C@@H]4N=C(O)[C@H]4N=C(O)[C@@H](Cc5ccc(c(Cl)c5)O3)N=C(O)[C@H](N)c3ccc(O)c(c3)Oc3cc(O)cc4c3)c3ccc(O)c(c3)-c3c(O[C@H]4O[C@H](CO)[C@@H](O)[C@H](O)[C@@H]4O)cc(O)cc3C(C(=O)O)N=C2O)O[C@H](CO)[C@@H](O)[C@@H]1O. The van der Waals surface area contributed by atoms with Crippen LogP contribution in [0.3, 0.4) is 0 Å². The highest BCUT2D eigenvalue weighted by atomic mass is 35.5. The summed E-state index contributed by atoms with van der Waals surface area (Å²) in [6.45, 7) is 0.00992. The molecular formula is C88H97Cl2N9O33. The lowest BCUT2D eigenvalue weighted by Gasteiger charge is -2.42. The highest BCUT2D eigenvalue weighted by Crippen LogP contribution is 2.52. The number of unbranched alkanes of at least 4 members (excludes halogenated alkanes) is 6. The minimum atomic E-state index is -2.63. The zero-order valence-electron chi connectivity index (χ0n) is 70.0. The van der Waals surface area contributed by atoms with Crippen LogP contribution in [0.2, 0.25) is 10.0 Å². The number of aliphatic hydroxyl groups excluding tert-OH is 18. The molecule has 23 atom stereocenters. The van der Waals surface area contributed by atoms with Crippen LogP contribution in [0.4, 0.5) is 0 Å². The van der Waals surface area contributed by atoms with Gasteiger partial charge in [-0.3, -0.25) is 0 Å². The van der Waals surface area contributed by atoms with Crippen molar-refractivity contribution in [3.8, 4) is 80.1 Å². The van der Waals surface area contributed by atoms with Crippen molar-refractivity contribution in [2.45, 2.75) is 212 Å². The topological polar surface area (TPSA) is 690 Å². The van der Waals surface area contributed by atoms with Crippen molar-refractivity contribution < 1.29 is 165 Å². The van der Waals surface area contributed by atoms with Crippen LogP contribution in [-0.2, 0) is 30.2 Å². The molecule has 3 saturated heterocycles. The fourth-order valence-electron chi connectivity index (χ4n) is 16.1. The van der Waals surface area contributed by atoms with E-state index in [-0.39, 0.29) is 50.9 Å². The number of carboxylic acid groups (broad SMARTS) is 1. The third-order valence-corrected chi connectivity index (χ3v) is 23.6. The Hall–Kier alpha value is -12.1. The van der Waals surface area contributed by atoms with E-state index in [1.807, 2.05) is 0 Å². The van der Waals surface area contributed by atoms with Gasteiger partial charge in [0.2, 0.25) is 53.7 Å². The molecule has 0 saturated carbocycles. The van der Waals surface area contributed by atoms with E-state index >= 15 is 0 Å². The number of benzene rings is 7. The minimum Gasteiger partial charge on any atom is -0.508 e. The van der Waals surface area contributed by atoms with Crippen LogP contribution in [0.15, 0.2) is 155 Å². The summed E-state index contributed by atoms with van der Waals surface area (Å²) in [5.41, 5.74) is 3.11. The molecule has 7 aromatic rings. The first-order chi connectivity index (χ1) is 63.0. The number of hydrogen-bond donors (Lipinski definition) is 24. The quantitative estimate of drug-likeness (QED) is 0.0196. The van der Waals surface area contributed by atoms with Gasteiger partial charge in [-0.2, -0.15) is 0 Å². The highest BCUT2D eigenvalue weighted by molar-refractivity contribution is 6.32. The molecule has 7 aromatic carbocycles. The standard InChI is InChI=1S/C88H97Cl2N9O33/c1-3-4-5-6-7-8-9-10-60(108)94-68-74(113)71(110)58(32-101)129-87(68)132-78-55-26-40-27-56(78)126-52-18-14-38(24-47(52)90)77(131-86-67(92-34(2)103)73(112)70(109)57(31-100)128-86)69-84(121)98-66(85(122)123)45-29-42(105)30-54(127-88-76(115)75(114)72(111)59(33-102)130-88)61(45)44-23-37(13-15-49(44)106)63(81(118)99-69)96-83(120)65(40)97-82(119)64-39-21-41(104)28-43(22-39)124-53-25-36(12-16-50(53)107)62(91)80(117)93-48(79(116)95-64)20-35-11-17-51(125-55)46(89)19-35/h11-19,21-30,48,57-59,62-77,86-88,100-102,104-107,109-115H,3-10,20,31-33,91H2,1-2H3,(H,92,103)(H,93,117)(H,94,108)(H,95,116)(H,96,120)(H,97,119)(H,98,121)(H,99,118)(H,122,123)/t48-,57-,58-,59-,62-,63-,64+,65-,66?,67-,68-,69+,70-,71-,72-,73-,74-,75+,76+,77-,86+,87+,88+/m1/s1. The van der Waals surface area contributed by atoms with Gasteiger partial charge in [-0.25, -0.2) is 44.7 Å². The van der Waals surface area contributed by atoms with Crippen LogP contribution in [-0.4, -0.2) is 294 Å². The number of phenols is 4. The Labute approximate surface area is 759 Å². The molecule has 42 nitrogen and oxygen atoms in total. The second-order valence-electron chi connectivity index (χ2n) is 32.3. The molecule has 706 valence electrons. The number of aliphatic hydroxyl groups is 18. The Bertz CT molecular complexity index is 5680. The molecule has 25 N–H and O–H groups in total. The molecule has 0 aromatic heterocycles. The van der Waals surface area contributed by atoms with Gasteiger partial charge in [-0.05, 0) is 119 Å². The summed E-state index contributed by atoms with van der Waals surface area (Å²) in [4.78, 5) is 50.0. The fraction of sp³-hybridized carbons (Fsp3) is 0.420. The van der Waals surface area contributed by atoms with Gasteiger partial charge in [0.25, 0.3) is 0 Å². The van der Waals surface area contributed by atoms with E-state index in [0.29, 0.717) is 12.8 Å². The summed E-state index contributed by atoms with van der Waals surface area (Å²) in [5, 5.41) is 271. The molecule has 0 spiro atoms. The number of phenolic OH excluding ortho intramolecular Hbond substituents is 4. The molecular weight excluding hydrogens is 1780 g/mol. The van der Waals surface area contributed by atoms with Crippen molar-refractivity contribution in [3.63, 3.8) is 0 Å². The van der Waals surface area contributed by atoms with E-state index in [9.17, 15) is 122 Å². The third kappa shape index (κ3) is 20.7. The van der Waals surface area contributed by atoms with Gasteiger partial charge in [0.1, 0.15) is 132 Å². The van der Waals surface area contributed by atoms with E-state index in [1.54, 1.807) is 0 Å². The molecule has 9 aliphatic rings. The number of nitrogens with zero attached hydrogens (tertiary/aromatic N) is 8. The van der Waals surface area contributed by atoms with Gasteiger partial charge < -0.3 is 166 Å². The van der Waals surface area contributed by atoms with Gasteiger partial charge in [-0.1, -0.05) is 92.9 Å². The number of nitrogens with two attached hydrogens (primary N) is 1. The minimum absolute atomic E-state index is 0.0705. The predicted molar refractivity (Wildman–Crippen MR) is 469 cm³/mol. The number of aromatic hydroxyl groups is 4. The van der Waals surface area contributed by atoms with Crippen LogP contribution < -0.4 is 29.4 Å². The number of aliphatic carboxylic acids is 1. The van der Waals surface area contributed by atoms with Gasteiger partial charge in [0.15, 0.2) is 71.3 Å². The van der Waals surface area contributed by atoms with Crippen molar-refractivity contribution in [3.05, 3.63) is 164 Å². The van der Waals surface area contributed by atoms with Crippen molar-refractivity contribution in [2.75, 3.05) is 19.8 Å². The first-order valence-corrected chi connectivity index (χ1v) is 42.6. The summed E-state index contributed by atoms with van der Waals surface area (Å²) in [6.07, 6.45) is -23.4. The number of ether oxygens (including phenoxy) is 9. The zero-order valence-corrected chi connectivity index (χ0v) is 71.5. The molecule has 0 radical (unpaired) electrons. The lowest BCUT2D eigenvalue weighted by atomic mass is 9.90. The third-order valence-electron chi connectivity index (χ3n) is 23.0. The Kier molecular flexibility index (Phi) is 29.8. The summed E-state index contributed by atoms with van der Waals surface area (Å²) in [7, 11) is 0. The molecule has 17 bridgehead atoms. The van der Waals surface area contributed by atoms with Crippen LogP contribution in [0.25, 0.3) is 11.1 Å². The summed E-state index contributed by atoms with van der Waals surface area (Å²) in [5.74, 6) is -18.1. The zero-order chi connectivity index (χ0) is 94.7. The summed E-state index contributed by atoms with van der Waals surface area (Å²) < 4.78 is 57.7. The Morgan fingerprint density at radius 3 is 1.65 bits per heavy atom. The maximum Gasteiger partial charge on any atom is 0.333 e. The number of halogens is 2. The monoisotopic (exact) mass is 1880 g/mol. The fourth-order valence-corrected chi connectivity index (χ4v) is 16.6. The Balaban J connectivity index is 1.09. The van der Waals surface area contributed by atoms with E-state index in [1.165, 1.54) is 36.4 Å². The summed E-state index contributed by atoms with van der Waals surface area (Å²) >= 11 is 14.8. The Morgan fingerprint density at radius 2 is 1.02 bits per heavy atom. The number of hydrogen-bond acceptors (Lipinski definition) is 33. The molecule has 3 fully saturated rings. The number of carbonyl (C=O) groups is 1. The average Bonchev–Trinajstić information content (AvgIpc) is 0.757. The maximum atomic E-state index is 14.3. The second kappa shape index (κ2) is 41.0. The predicted octanol–water partition coefficient (Wildman–Crippen LogP) is 7.89. The molecule has 44 heteroatoms. The first-order valence-electron chi connectivity index (χ1n) is 41.8. The van der Waals surface area contributed by atoms with E-state index in [4.69, 9.17) is 76.6 Å². The normalized spacial score (nSPS) is 29.2. The van der Waals surface area contributed by atoms with Crippen molar-refractivity contribution in [1.29, 1.82) is 0 Å². The summed E-state index contributed by atoms with van der Waals surface area (Å²) in [6, 6.07) is 1.27. The van der Waals surface area contributed by atoms with Crippen LogP contribution in [0, 0.1) is 0 Å². The molecule has 9 aliphatic heterocycles. The largest absolute Gasteiger partial charge is 0.508 e. The first kappa shape index (κ1) is 96.0. The molecule has 132 heavy (non-hydrogen) atoms. The van der Waals surface area contributed by atoms with E-state index < -0.39 is 304 Å². The number of carboxylic acids is 1. The van der Waals surface area contributed by atoms with Crippen molar-refractivity contribution in [1.82, 2.24) is 0 Å². The van der Waals surface area contributed by atoms with Gasteiger partial charge >= 0.3 is 5.97 Å². The number of fused-ring (bicyclic) bond motifs is 12. The number of aliphatic imine (C=N–C) groups is 8. The number of rotatable bonds is 20. The van der Waals surface area contributed by atoms with Crippen LogP contribution in [0.1, 0.15) is 140 Å². The maximum absolute atomic E-state index is 14.3. The highest BCUT2D eigenvalue weighted by Gasteiger charge is 2.51. The lowest BCUT2D eigenvalue weighted by molar-refractivity contribution is -0.279. The van der Waals surface area contributed by atoms with Crippen molar-refractivity contribution in [2.24, 2.45) is 45.7 Å². The lowest BCUT2D eigenvalue weighted by Crippen LogP contribution is -2.60. The van der Waals surface area contributed by atoms with Crippen LogP contribution in [0.5, 0.6) is 69.0 Å². The Morgan fingerprint density at radius 1 is 0.477 bits per heavy atom. The molecule has 9 heterocycles. The van der Waals surface area contributed by atoms with E-state index in [2.05, 4.69) is 41.9 Å². The molecule has 0 amide bonds. The van der Waals surface area contributed by atoms with E-state index in [0.717, 1.165) is 118 Å². The molecule has 16 rings (SSSR count). The smallest absolute Gasteiger partial charge is 0.333 e. The van der Waals surface area contributed by atoms with Gasteiger partial charge in [0, 0.05) is 48.6 Å². The van der Waals surface area contributed by atoms with Gasteiger partial charge in [-0.15, -0.1) is 0 Å². The van der Waals surface area contributed by atoms with Crippen molar-refractivity contribution >= 4 is 76.4 Å². The average molecular weight is 1880 g/mol.